The van der Waals surface area contributed by atoms with Crippen LogP contribution in [0.1, 0.15) is 104 Å². The molecule has 0 aliphatic heterocycles. The zero-order valence-corrected chi connectivity index (χ0v) is 17.8. The lowest BCUT2D eigenvalue weighted by Crippen LogP contribution is -2.39. The van der Waals surface area contributed by atoms with Gasteiger partial charge in [0, 0.05) is 0 Å². The standard InChI is InChI=1S/C24H43FO2/c1-3-5-20-12-15-22(16-23(20)25)24(27-26)21-13-10-19(11-14-21)18-8-6-17(4-2)7-9-18/h17-24,26H,3-16H2,1-2H3. The van der Waals surface area contributed by atoms with Crippen LogP contribution < -0.4 is 0 Å². The Kier molecular flexibility index (Phi) is 8.44. The second-order valence-corrected chi connectivity index (χ2v) is 10.1. The van der Waals surface area contributed by atoms with E-state index in [0.717, 1.165) is 56.3 Å². The molecule has 0 radical (unpaired) electrons. The minimum Gasteiger partial charge on any atom is -0.252 e. The van der Waals surface area contributed by atoms with E-state index >= 15 is 0 Å². The largest absolute Gasteiger partial charge is 0.252 e. The van der Waals surface area contributed by atoms with Gasteiger partial charge in [0.05, 0.1) is 6.10 Å². The molecular formula is C24H43FO2. The Labute approximate surface area is 166 Å². The van der Waals surface area contributed by atoms with Crippen molar-refractivity contribution >= 4 is 0 Å². The van der Waals surface area contributed by atoms with Crippen molar-refractivity contribution in [2.45, 2.75) is 116 Å². The van der Waals surface area contributed by atoms with Gasteiger partial charge in [-0.15, -0.1) is 0 Å². The number of hydrogen-bond acceptors (Lipinski definition) is 2. The molecule has 0 aromatic carbocycles. The van der Waals surface area contributed by atoms with E-state index in [-0.39, 0.29) is 17.9 Å². The fraction of sp³-hybridized carbons (Fsp3) is 1.00. The summed E-state index contributed by atoms with van der Waals surface area (Å²) in [5, 5.41) is 9.63. The van der Waals surface area contributed by atoms with Crippen LogP contribution in [0.5, 0.6) is 0 Å². The summed E-state index contributed by atoms with van der Waals surface area (Å²) in [6.07, 6.45) is 15.8. The summed E-state index contributed by atoms with van der Waals surface area (Å²) in [6, 6.07) is 0. The predicted molar refractivity (Wildman–Crippen MR) is 109 cm³/mol. The van der Waals surface area contributed by atoms with Gasteiger partial charge in [-0.2, -0.15) is 0 Å². The Bertz CT molecular complexity index is 413. The molecule has 2 nitrogen and oxygen atoms in total. The zero-order valence-electron chi connectivity index (χ0n) is 17.8. The first-order valence-corrected chi connectivity index (χ1v) is 12.1. The van der Waals surface area contributed by atoms with Gasteiger partial charge >= 0.3 is 0 Å². The summed E-state index contributed by atoms with van der Waals surface area (Å²) in [4.78, 5) is 5.02. The third kappa shape index (κ3) is 5.47. The molecule has 0 aromatic rings. The van der Waals surface area contributed by atoms with Crippen molar-refractivity contribution in [3.05, 3.63) is 0 Å². The first kappa shape index (κ1) is 21.6. The van der Waals surface area contributed by atoms with Gasteiger partial charge in [0.25, 0.3) is 0 Å². The molecule has 27 heavy (non-hydrogen) atoms. The highest BCUT2D eigenvalue weighted by Gasteiger charge is 2.40. The smallest absolute Gasteiger partial charge is 0.103 e. The van der Waals surface area contributed by atoms with Gasteiger partial charge in [0.1, 0.15) is 6.17 Å². The SMILES string of the molecule is CCCC1CCC(C(OO)C2CCC(C3CCC(CC)CC3)CC2)CC1F. The molecule has 3 fully saturated rings. The molecule has 4 atom stereocenters. The van der Waals surface area contributed by atoms with E-state index in [1.807, 2.05) is 0 Å². The van der Waals surface area contributed by atoms with E-state index < -0.39 is 6.17 Å². The van der Waals surface area contributed by atoms with Crippen LogP contribution in [-0.4, -0.2) is 17.5 Å². The Balaban J connectivity index is 1.46. The minimum absolute atomic E-state index is 0.136. The highest BCUT2D eigenvalue weighted by molar-refractivity contribution is 4.90. The maximum absolute atomic E-state index is 14.6. The van der Waals surface area contributed by atoms with Gasteiger partial charge in [-0.1, -0.05) is 39.5 Å². The van der Waals surface area contributed by atoms with Crippen LogP contribution in [0.2, 0.25) is 0 Å². The predicted octanol–water partition coefficient (Wildman–Crippen LogP) is 7.42. The molecular weight excluding hydrogens is 339 g/mol. The van der Waals surface area contributed by atoms with Crippen LogP contribution in [0.4, 0.5) is 4.39 Å². The van der Waals surface area contributed by atoms with Crippen LogP contribution in [0.3, 0.4) is 0 Å². The van der Waals surface area contributed by atoms with E-state index in [9.17, 15) is 9.65 Å². The molecule has 3 heteroatoms. The molecule has 0 amide bonds. The van der Waals surface area contributed by atoms with Crippen molar-refractivity contribution in [2.75, 3.05) is 0 Å². The monoisotopic (exact) mass is 382 g/mol. The van der Waals surface area contributed by atoms with Crippen molar-refractivity contribution in [1.82, 2.24) is 0 Å². The summed E-state index contributed by atoms with van der Waals surface area (Å²) in [6.45, 7) is 4.48. The van der Waals surface area contributed by atoms with Crippen molar-refractivity contribution in [1.29, 1.82) is 0 Å². The quantitative estimate of drug-likeness (QED) is 0.366. The third-order valence-electron chi connectivity index (χ3n) is 8.61. The Hall–Kier alpha value is -0.150. The lowest BCUT2D eigenvalue weighted by Gasteiger charge is -2.42. The van der Waals surface area contributed by atoms with E-state index in [0.29, 0.717) is 12.3 Å². The second-order valence-electron chi connectivity index (χ2n) is 10.1. The molecule has 0 spiro atoms. The Morgan fingerprint density at radius 2 is 1.44 bits per heavy atom. The van der Waals surface area contributed by atoms with E-state index in [1.165, 1.54) is 44.9 Å². The fourth-order valence-electron chi connectivity index (χ4n) is 6.77. The average molecular weight is 383 g/mol. The van der Waals surface area contributed by atoms with Gasteiger partial charge in [-0.25, -0.2) is 9.28 Å². The van der Waals surface area contributed by atoms with Crippen molar-refractivity contribution in [3.63, 3.8) is 0 Å². The van der Waals surface area contributed by atoms with E-state index in [4.69, 9.17) is 4.89 Å². The topological polar surface area (TPSA) is 29.5 Å². The summed E-state index contributed by atoms with van der Waals surface area (Å²) in [7, 11) is 0. The van der Waals surface area contributed by atoms with E-state index in [1.54, 1.807) is 0 Å². The minimum atomic E-state index is -0.702. The maximum atomic E-state index is 14.6. The zero-order chi connectivity index (χ0) is 19.2. The molecule has 1 N–H and O–H groups in total. The first-order chi connectivity index (χ1) is 13.2. The van der Waals surface area contributed by atoms with Crippen molar-refractivity contribution in [2.24, 2.45) is 35.5 Å². The molecule has 0 saturated heterocycles. The van der Waals surface area contributed by atoms with Crippen molar-refractivity contribution < 1.29 is 14.5 Å². The van der Waals surface area contributed by atoms with Crippen LogP contribution in [-0.2, 0) is 4.89 Å². The van der Waals surface area contributed by atoms with Crippen LogP contribution in [0.25, 0.3) is 0 Å². The molecule has 0 bridgehead atoms. The molecule has 4 unspecified atom stereocenters. The molecule has 3 aliphatic rings. The van der Waals surface area contributed by atoms with Gasteiger partial charge in [0.2, 0.25) is 0 Å². The number of hydrogen-bond donors (Lipinski definition) is 1. The van der Waals surface area contributed by atoms with Gasteiger partial charge < -0.3 is 0 Å². The molecule has 0 heterocycles. The molecule has 158 valence electrons. The number of rotatable bonds is 7. The Morgan fingerprint density at radius 3 is 1.96 bits per heavy atom. The van der Waals surface area contributed by atoms with Crippen molar-refractivity contribution in [3.8, 4) is 0 Å². The highest BCUT2D eigenvalue weighted by Crippen LogP contribution is 2.45. The van der Waals surface area contributed by atoms with Gasteiger partial charge in [-0.05, 0) is 99.7 Å². The van der Waals surface area contributed by atoms with Crippen LogP contribution in [0, 0.1) is 35.5 Å². The summed E-state index contributed by atoms with van der Waals surface area (Å²) in [5.74, 6) is 3.66. The number of halogens is 1. The lowest BCUT2D eigenvalue weighted by molar-refractivity contribution is -0.308. The lowest BCUT2D eigenvalue weighted by atomic mass is 9.66. The summed E-state index contributed by atoms with van der Waals surface area (Å²) in [5.41, 5.74) is 0. The maximum Gasteiger partial charge on any atom is 0.103 e. The molecule has 0 aromatic heterocycles. The van der Waals surface area contributed by atoms with Crippen LogP contribution >= 0.6 is 0 Å². The average Bonchev–Trinajstić information content (AvgIpc) is 2.71. The van der Waals surface area contributed by atoms with Gasteiger partial charge in [-0.3, -0.25) is 5.26 Å². The second kappa shape index (κ2) is 10.6. The first-order valence-electron chi connectivity index (χ1n) is 12.1. The highest BCUT2D eigenvalue weighted by atomic mass is 19.1. The normalized spacial score (nSPS) is 42.0. The molecule has 3 aliphatic carbocycles. The Morgan fingerprint density at radius 1 is 0.852 bits per heavy atom. The fourth-order valence-corrected chi connectivity index (χ4v) is 6.77. The molecule has 3 saturated carbocycles. The van der Waals surface area contributed by atoms with Crippen LogP contribution in [0.15, 0.2) is 0 Å². The summed E-state index contributed by atoms with van der Waals surface area (Å²) >= 11 is 0. The third-order valence-corrected chi connectivity index (χ3v) is 8.61. The summed E-state index contributed by atoms with van der Waals surface area (Å²) < 4.78 is 14.6. The number of alkyl halides is 1. The molecule has 3 rings (SSSR count). The van der Waals surface area contributed by atoms with Gasteiger partial charge in [0.15, 0.2) is 0 Å². The van der Waals surface area contributed by atoms with E-state index in [2.05, 4.69) is 13.8 Å².